The van der Waals surface area contributed by atoms with E-state index in [1.807, 2.05) is 24.3 Å². The molecule has 0 unspecified atom stereocenters. The zero-order valence-corrected chi connectivity index (χ0v) is 17.9. The Morgan fingerprint density at radius 1 is 1.12 bits per heavy atom. The molecule has 0 aliphatic heterocycles. The van der Waals surface area contributed by atoms with Gasteiger partial charge in [0.15, 0.2) is 11.5 Å². The van der Waals surface area contributed by atoms with Crippen molar-refractivity contribution in [2.75, 3.05) is 14.2 Å². The van der Waals surface area contributed by atoms with Crippen LogP contribution in [-0.4, -0.2) is 34.6 Å². The number of ether oxygens (including phenoxy) is 2. The van der Waals surface area contributed by atoms with Crippen LogP contribution >= 0.6 is 0 Å². The molecule has 0 bridgehead atoms. The second kappa shape index (κ2) is 8.23. The number of rotatable bonds is 4. The predicted molar refractivity (Wildman–Crippen MR) is 87.6 cm³/mol. The fourth-order valence-electron chi connectivity index (χ4n) is 2.25. The summed E-state index contributed by atoms with van der Waals surface area (Å²) in [6, 6.07) is 8.99. The van der Waals surface area contributed by atoms with E-state index < -0.39 is 0 Å². The molecule has 0 atom stereocenters. The Morgan fingerprint density at radius 2 is 1.83 bits per heavy atom. The minimum atomic E-state index is -0.344. The largest absolute Gasteiger partial charge is 2.00 e. The van der Waals surface area contributed by atoms with Crippen molar-refractivity contribution in [1.82, 2.24) is 14.6 Å². The van der Waals surface area contributed by atoms with Gasteiger partial charge in [0, 0.05) is 17.5 Å². The molecule has 0 spiro atoms. The Kier molecular flexibility index (Phi) is 6.88. The minimum absolute atomic E-state index is 0. The zero-order valence-electron chi connectivity index (χ0n) is 13.7. The first kappa shape index (κ1) is 20.1. The molecule has 0 fully saturated rings. The van der Waals surface area contributed by atoms with Crippen LogP contribution in [0.4, 0.5) is 0 Å². The van der Waals surface area contributed by atoms with Gasteiger partial charge in [0.1, 0.15) is 5.65 Å². The molecule has 122 valence electrons. The molecule has 3 aromatic rings. The van der Waals surface area contributed by atoms with Crippen molar-refractivity contribution in [1.29, 1.82) is 0 Å². The molecule has 6 nitrogen and oxygen atoms in total. The van der Waals surface area contributed by atoms with E-state index in [0.29, 0.717) is 17.1 Å². The first-order valence-electron chi connectivity index (χ1n) is 6.57. The summed E-state index contributed by atoms with van der Waals surface area (Å²) in [5.41, 5.74) is 2.52. The second-order valence-electron chi connectivity index (χ2n) is 4.62. The van der Waals surface area contributed by atoms with Crippen molar-refractivity contribution >= 4 is 11.4 Å². The molecular formula is C17H17N3O3U. The average molecular weight is 549 g/mol. The number of nitrogens with zero attached hydrogens (tertiary/aromatic N) is 3. The molecule has 3 rings (SSSR count). The fraction of sp³-hybridized carbons (Fsp3) is 0.118. The zero-order chi connectivity index (χ0) is 15.7. The van der Waals surface area contributed by atoms with Crippen molar-refractivity contribution in [3.05, 3.63) is 56.6 Å². The molecule has 0 aliphatic carbocycles. The summed E-state index contributed by atoms with van der Waals surface area (Å²) in [6.45, 7) is 3.38. The van der Waals surface area contributed by atoms with E-state index in [2.05, 4.69) is 17.0 Å². The van der Waals surface area contributed by atoms with E-state index in [9.17, 15) is 4.79 Å². The Bertz CT molecular complexity index is 861. The van der Waals surface area contributed by atoms with Crippen molar-refractivity contribution in [2.24, 2.45) is 0 Å². The molecule has 0 saturated heterocycles. The summed E-state index contributed by atoms with van der Waals surface area (Å²) in [4.78, 5) is 15.6. The van der Waals surface area contributed by atoms with Gasteiger partial charge >= 0.3 is 31.1 Å². The van der Waals surface area contributed by atoms with Crippen LogP contribution < -0.4 is 9.47 Å². The summed E-state index contributed by atoms with van der Waals surface area (Å²) >= 11 is 0. The first-order valence-corrected chi connectivity index (χ1v) is 6.57. The summed E-state index contributed by atoms with van der Waals surface area (Å²) in [5.74, 6) is 0.917. The molecule has 0 saturated carbocycles. The minimum Gasteiger partial charge on any atom is -0.493 e. The third-order valence-corrected chi connectivity index (χ3v) is 3.32. The molecule has 1 aromatic carbocycles. The second-order valence-corrected chi connectivity index (χ2v) is 4.62. The van der Waals surface area contributed by atoms with Gasteiger partial charge in [-0.25, -0.2) is 9.50 Å². The Morgan fingerprint density at radius 3 is 2.46 bits per heavy atom. The summed E-state index contributed by atoms with van der Waals surface area (Å²) in [7, 11) is 3.17. The third-order valence-electron chi connectivity index (χ3n) is 3.32. The summed E-state index contributed by atoms with van der Waals surface area (Å²) < 4.78 is 12.2. The van der Waals surface area contributed by atoms with Crippen LogP contribution in [0.5, 0.6) is 11.5 Å². The van der Waals surface area contributed by atoms with Crippen molar-refractivity contribution in [3.8, 4) is 22.8 Å². The third kappa shape index (κ3) is 3.58. The number of hydrogen-bond donors (Lipinski definition) is 0. The first-order chi connectivity index (χ1) is 10.6. The van der Waals surface area contributed by atoms with Crippen LogP contribution in [0.3, 0.4) is 0 Å². The molecule has 24 heavy (non-hydrogen) atoms. The molecular weight excluding hydrogens is 532 g/mol. The van der Waals surface area contributed by atoms with E-state index >= 15 is 0 Å². The molecule has 0 amide bonds. The molecule has 0 aliphatic rings. The maximum absolute atomic E-state index is 11.4. The molecule has 2 aromatic heterocycles. The normalized spacial score (nSPS) is 9.75. The topological polar surface area (TPSA) is 65.7 Å². The van der Waals surface area contributed by atoms with Crippen molar-refractivity contribution < 1.29 is 45.4 Å². The van der Waals surface area contributed by atoms with Gasteiger partial charge in [0.05, 0.1) is 19.9 Å². The van der Waals surface area contributed by atoms with Crippen LogP contribution in [0, 0.1) is 45.5 Å². The molecule has 0 N–H and O–H groups in total. The van der Waals surface area contributed by atoms with Gasteiger partial charge < -0.3 is 21.7 Å². The fourth-order valence-corrected chi connectivity index (χ4v) is 2.25. The number of carbonyl (C=O) groups is 1. The van der Waals surface area contributed by atoms with Gasteiger partial charge in [0.25, 0.3) is 0 Å². The monoisotopic (exact) mass is 549 g/mol. The van der Waals surface area contributed by atoms with Crippen LogP contribution in [0.1, 0.15) is 10.5 Å². The number of fused-ring (bicyclic) bond motifs is 1. The number of ketones is 1. The molecule has 0 radical (unpaired) electrons. The number of benzene rings is 1. The quantitative estimate of drug-likeness (QED) is 0.370. The molecule has 2 heterocycles. The average Bonchev–Trinajstić information content (AvgIpc) is 2.98. The smallest absolute Gasteiger partial charge is 0.493 e. The Balaban J connectivity index is 0.00000144. The van der Waals surface area contributed by atoms with Gasteiger partial charge in [-0.05, 0) is 30.0 Å². The van der Waals surface area contributed by atoms with E-state index in [1.165, 1.54) is 0 Å². The molecule has 7 heteroatoms. The Labute approximate surface area is 164 Å². The number of aromatic nitrogens is 3. The SMILES string of the molecule is [CH2-]C(=O)c1cc2nccc(-c3ccc(OC)c(OC)c3)n2n1.[CH3-].[U+2]. The van der Waals surface area contributed by atoms with Gasteiger partial charge in [-0.2, -0.15) is 6.92 Å². The van der Waals surface area contributed by atoms with Crippen LogP contribution in [0.25, 0.3) is 16.9 Å². The van der Waals surface area contributed by atoms with Crippen LogP contribution in [0.15, 0.2) is 36.5 Å². The maximum Gasteiger partial charge on any atom is 2.00 e. The van der Waals surface area contributed by atoms with Crippen molar-refractivity contribution in [2.45, 2.75) is 0 Å². The van der Waals surface area contributed by atoms with Crippen LogP contribution in [-0.2, 0) is 0 Å². The number of carbonyl (C=O) groups excluding carboxylic acids is 1. The van der Waals surface area contributed by atoms with E-state index in [1.54, 1.807) is 31.0 Å². The standard InChI is InChI=1S/C16H14N3O3.CH3.U/c1-10(20)12-9-16-17-7-6-13(19(16)18-12)11-4-5-14(21-2)15(8-11)22-3;;/h4-9H,1H2,2-3H3;1H3;/q2*-1;+2. The number of Topliss-reactive ketones (excluding diaryl/α,β-unsaturated/α-hetero) is 1. The van der Waals surface area contributed by atoms with Gasteiger partial charge in [0.2, 0.25) is 0 Å². The Hall–Kier alpha value is -1.97. The van der Waals surface area contributed by atoms with Gasteiger partial charge in [-0.1, -0.05) is 6.07 Å². The van der Waals surface area contributed by atoms with E-state index in [4.69, 9.17) is 9.47 Å². The van der Waals surface area contributed by atoms with Gasteiger partial charge in [-0.3, -0.25) is 5.10 Å². The predicted octanol–water partition coefficient (Wildman–Crippen LogP) is 2.88. The number of methoxy groups -OCH3 is 2. The van der Waals surface area contributed by atoms with E-state index in [-0.39, 0.29) is 50.0 Å². The van der Waals surface area contributed by atoms with Crippen molar-refractivity contribution in [3.63, 3.8) is 0 Å². The summed E-state index contributed by atoms with van der Waals surface area (Å²) in [6.07, 6.45) is 1.67. The maximum atomic E-state index is 11.4. The van der Waals surface area contributed by atoms with E-state index in [0.717, 1.165) is 11.3 Å². The van der Waals surface area contributed by atoms with Gasteiger partial charge in [-0.15, -0.1) is 0 Å². The number of hydrogen-bond acceptors (Lipinski definition) is 5. The summed E-state index contributed by atoms with van der Waals surface area (Å²) in [5, 5.41) is 4.26. The van der Waals surface area contributed by atoms with Crippen LogP contribution in [0.2, 0.25) is 0 Å².